The number of nitrogens with zero attached hydrogens (tertiary/aromatic N) is 5. The molecule has 16 N–H and O–H groups in total. The first-order chi connectivity index (χ1) is 19.6. The summed E-state index contributed by atoms with van der Waals surface area (Å²) in [6.45, 7) is 22.2. The van der Waals surface area contributed by atoms with Crippen molar-refractivity contribution in [2.45, 2.75) is 0 Å². The van der Waals surface area contributed by atoms with E-state index in [1.165, 1.54) is 0 Å². The largest absolute Gasteiger partial charge is 0.329 e. The summed E-state index contributed by atoms with van der Waals surface area (Å²) >= 11 is 0. The first kappa shape index (κ1) is 39.4. The van der Waals surface area contributed by atoms with E-state index in [9.17, 15) is 0 Å². The summed E-state index contributed by atoms with van der Waals surface area (Å²) in [7, 11) is 0. The first-order valence-electron chi connectivity index (χ1n) is 15.5. The molecule has 0 radical (unpaired) electrons. The molecule has 0 atom stereocenters. The quantitative estimate of drug-likeness (QED) is 0.0341. The van der Waals surface area contributed by atoms with Gasteiger partial charge in [-0.15, -0.1) is 0 Å². The lowest BCUT2D eigenvalue weighted by molar-refractivity contribution is 0.150. The van der Waals surface area contributed by atoms with Gasteiger partial charge in [-0.25, -0.2) is 0 Å². The van der Waals surface area contributed by atoms with E-state index in [0.717, 1.165) is 124 Å². The van der Waals surface area contributed by atoms with E-state index < -0.39 is 0 Å². The first-order valence-corrected chi connectivity index (χ1v) is 15.5. The Morgan fingerprint density at radius 3 is 0.725 bits per heavy atom. The molecule has 0 aliphatic rings. The molecule has 0 aliphatic heterocycles. The van der Waals surface area contributed by atoms with Gasteiger partial charge in [0.1, 0.15) is 0 Å². The van der Waals surface area contributed by atoms with Crippen LogP contribution in [-0.2, 0) is 0 Å². The average molecular weight is 577 g/mol. The highest BCUT2D eigenvalue weighted by Crippen LogP contribution is 1.99. The number of hydrogen-bond acceptors (Lipinski definition) is 14. The Hall–Kier alpha value is -0.560. The summed E-state index contributed by atoms with van der Waals surface area (Å²) in [5.41, 5.74) is 40.7. The fourth-order valence-electron chi connectivity index (χ4n) is 4.65. The Bertz CT molecular complexity index is 498. The van der Waals surface area contributed by atoms with E-state index in [1.54, 1.807) is 0 Å². The third-order valence-electron chi connectivity index (χ3n) is 7.01. The summed E-state index contributed by atoms with van der Waals surface area (Å²) in [6.07, 6.45) is 0. The molecule has 0 saturated carbocycles. The van der Waals surface area contributed by atoms with Crippen LogP contribution in [0.15, 0.2) is 0 Å². The summed E-state index contributed by atoms with van der Waals surface area (Å²) < 4.78 is 0. The number of hydrogen-bond donors (Lipinski definition) is 9. The van der Waals surface area contributed by atoms with Crippen molar-refractivity contribution in [2.75, 3.05) is 170 Å². The third-order valence-corrected chi connectivity index (χ3v) is 7.01. The molecule has 0 saturated heterocycles. The minimum atomic E-state index is 0.644. The maximum atomic E-state index is 6.01. The van der Waals surface area contributed by atoms with Crippen LogP contribution in [0.3, 0.4) is 0 Å². The zero-order valence-electron chi connectivity index (χ0n) is 25.7. The van der Waals surface area contributed by atoms with Gasteiger partial charge in [0.25, 0.3) is 0 Å². The fraction of sp³-hybridized carbons (Fsp3) is 1.00. The lowest BCUT2D eigenvalue weighted by atomic mass is 10.3. The van der Waals surface area contributed by atoms with Crippen molar-refractivity contribution in [2.24, 2.45) is 40.1 Å². The normalized spacial score (nSPS) is 12.3. The van der Waals surface area contributed by atoms with Gasteiger partial charge in [0.05, 0.1) is 0 Å². The molecular formula is C26H68N14. The molecule has 0 aromatic rings. The topological polar surface area (TPSA) is 222 Å². The van der Waals surface area contributed by atoms with Crippen LogP contribution < -0.4 is 50.8 Å². The Kier molecular flexibility index (Phi) is 29.5. The molecule has 0 bridgehead atoms. The number of nitrogens with two attached hydrogens (primary N) is 7. The average Bonchev–Trinajstić information content (AvgIpc) is 2.95. The highest BCUT2D eigenvalue weighted by atomic mass is 15.3. The zero-order valence-corrected chi connectivity index (χ0v) is 25.7. The molecule has 0 spiro atoms. The van der Waals surface area contributed by atoms with E-state index in [1.807, 2.05) is 0 Å². The molecule has 0 aromatic heterocycles. The summed E-state index contributed by atoms with van der Waals surface area (Å²) in [5.74, 6) is 0. The van der Waals surface area contributed by atoms with Gasteiger partial charge in [-0.1, -0.05) is 0 Å². The number of rotatable bonds is 32. The van der Waals surface area contributed by atoms with Gasteiger partial charge >= 0.3 is 0 Å². The van der Waals surface area contributed by atoms with Gasteiger partial charge < -0.3 is 50.8 Å². The lowest BCUT2D eigenvalue weighted by Gasteiger charge is -2.32. The van der Waals surface area contributed by atoms with Crippen LogP contribution in [0, 0.1) is 0 Å². The second kappa shape index (κ2) is 29.9. The summed E-state index contributed by atoms with van der Waals surface area (Å²) in [6, 6.07) is 0. The van der Waals surface area contributed by atoms with Crippen LogP contribution in [0.2, 0.25) is 0 Å². The van der Waals surface area contributed by atoms with Crippen LogP contribution in [-0.4, -0.2) is 195 Å². The molecule has 0 unspecified atom stereocenters. The standard InChI is InChI=1S/C26H68N14/c27-1-8-34-10-17-37(14-5-31)20-22-39(16-7-33)23-26-40(24-19-36(12-3-29)13-4-30)25-21-38(15-6-32)18-11-35-9-2-28/h34-35H,1-33H2. The van der Waals surface area contributed by atoms with Crippen molar-refractivity contribution in [1.82, 2.24) is 35.1 Å². The fourth-order valence-corrected chi connectivity index (χ4v) is 4.65. The third kappa shape index (κ3) is 23.1. The van der Waals surface area contributed by atoms with Gasteiger partial charge in [-0.2, -0.15) is 0 Å². The number of nitrogens with one attached hydrogen (secondary N) is 2. The van der Waals surface area contributed by atoms with Crippen molar-refractivity contribution in [3.63, 3.8) is 0 Å². The molecule has 0 fully saturated rings. The monoisotopic (exact) mass is 577 g/mol. The maximum absolute atomic E-state index is 6.01. The molecule has 0 amide bonds. The van der Waals surface area contributed by atoms with Crippen LogP contribution in [0.4, 0.5) is 0 Å². The minimum Gasteiger partial charge on any atom is -0.329 e. The SMILES string of the molecule is NCCNCCN(CCN)CCN(CCN)CCN(CCN(CCN)CCN)CCN(CCN)CCNCCN. The molecule has 0 aliphatic carbocycles. The molecule has 14 heteroatoms. The van der Waals surface area contributed by atoms with Crippen LogP contribution in [0.1, 0.15) is 0 Å². The molecule has 0 rings (SSSR count). The van der Waals surface area contributed by atoms with E-state index >= 15 is 0 Å². The van der Waals surface area contributed by atoms with Crippen molar-refractivity contribution in [3.8, 4) is 0 Å². The molecule has 0 aromatic carbocycles. The highest BCUT2D eigenvalue weighted by molar-refractivity contribution is 4.72. The van der Waals surface area contributed by atoms with Crippen molar-refractivity contribution in [3.05, 3.63) is 0 Å². The highest BCUT2D eigenvalue weighted by Gasteiger charge is 2.14. The summed E-state index contributed by atoms with van der Waals surface area (Å²) in [4.78, 5) is 12.3. The maximum Gasteiger partial charge on any atom is 0.0110 e. The van der Waals surface area contributed by atoms with Gasteiger partial charge in [0, 0.05) is 170 Å². The van der Waals surface area contributed by atoms with Crippen molar-refractivity contribution >= 4 is 0 Å². The molecule has 40 heavy (non-hydrogen) atoms. The second-order valence-electron chi connectivity index (χ2n) is 10.2. The van der Waals surface area contributed by atoms with Crippen molar-refractivity contribution < 1.29 is 0 Å². The molecular weight excluding hydrogens is 508 g/mol. The molecule has 0 heterocycles. The Labute approximate surface area is 245 Å². The van der Waals surface area contributed by atoms with Crippen LogP contribution >= 0.6 is 0 Å². The Morgan fingerprint density at radius 1 is 0.250 bits per heavy atom. The molecule has 242 valence electrons. The van der Waals surface area contributed by atoms with E-state index in [4.69, 9.17) is 40.1 Å². The van der Waals surface area contributed by atoms with Gasteiger partial charge in [-0.05, 0) is 0 Å². The van der Waals surface area contributed by atoms with Gasteiger partial charge in [0.2, 0.25) is 0 Å². The predicted octanol–water partition coefficient (Wildman–Crippen LogP) is -5.61. The van der Waals surface area contributed by atoms with Crippen molar-refractivity contribution in [1.29, 1.82) is 0 Å². The minimum absolute atomic E-state index is 0.644. The predicted molar refractivity (Wildman–Crippen MR) is 171 cm³/mol. The van der Waals surface area contributed by atoms with E-state index in [0.29, 0.717) is 45.8 Å². The second-order valence-corrected chi connectivity index (χ2v) is 10.2. The Morgan fingerprint density at radius 2 is 0.475 bits per heavy atom. The van der Waals surface area contributed by atoms with Gasteiger partial charge in [0.15, 0.2) is 0 Å². The van der Waals surface area contributed by atoms with E-state index in [2.05, 4.69) is 35.1 Å². The zero-order chi connectivity index (χ0) is 29.7. The van der Waals surface area contributed by atoms with E-state index in [-0.39, 0.29) is 0 Å². The van der Waals surface area contributed by atoms with Crippen LogP contribution in [0.25, 0.3) is 0 Å². The van der Waals surface area contributed by atoms with Gasteiger partial charge in [-0.3, -0.25) is 24.5 Å². The Balaban J connectivity index is 5.09. The smallest absolute Gasteiger partial charge is 0.0110 e. The van der Waals surface area contributed by atoms with Crippen LogP contribution in [0.5, 0.6) is 0 Å². The molecule has 14 nitrogen and oxygen atoms in total. The lowest BCUT2D eigenvalue weighted by Crippen LogP contribution is -2.47. The summed E-state index contributed by atoms with van der Waals surface area (Å²) in [5, 5.41) is 6.77.